The van der Waals surface area contributed by atoms with Gasteiger partial charge in [0.05, 0.1) is 16.1 Å². The molecule has 7 heteroatoms. The minimum Gasteiger partial charge on any atom is -0.506 e. The minimum absolute atomic E-state index is 0.0104. The van der Waals surface area contributed by atoms with Gasteiger partial charge in [0.2, 0.25) is 0 Å². The zero-order valence-electron chi connectivity index (χ0n) is 15.2. The Hall–Kier alpha value is -2.08. The number of halogens is 2. The summed E-state index contributed by atoms with van der Waals surface area (Å²) >= 11 is 12.2. The summed E-state index contributed by atoms with van der Waals surface area (Å²) < 4.78 is 0. The van der Waals surface area contributed by atoms with E-state index in [-0.39, 0.29) is 16.8 Å². The Labute approximate surface area is 168 Å². The molecule has 142 valence electrons. The fourth-order valence-corrected chi connectivity index (χ4v) is 3.48. The van der Waals surface area contributed by atoms with Crippen LogP contribution in [0.1, 0.15) is 20.3 Å². The Bertz CT molecular complexity index is 962. The number of para-hydroxylation sites is 1. The third kappa shape index (κ3) is 4.61. The van der Waals surface area contributed by atoms with Crippen LogP contribution in [0.25, 0.3) is 22.3 Å². The van der Waals surface area contributed by atoms with E-state index in [4.69, 9.17) is 28.9 Å². The van der Waals surface area contributed by atoms with Crippen LogP contribution < -0.4 is 11.1 Å². The maximum atomic E-state index is 10.3. The van der Waals surface area contributed by atoms with Gasteiger partial charge in [-0.15, -0.1) is 0 Å². The fraction of sp³-hybridized carbons (Fsp3) is 0.300. The largest absolute Gasteiger partial charge is 0.506 e. The van der Waals surface area contributed by atoms with E-state index >= 15 is 0 Å². The fourth-order valence-electron chi connectivity index (χ4n) is 2.98. The predicted molar refractivity (Wildman–Crippen MR) is 113 cm³/mol. The highest BCUT2D eigenvalue weighted by atomic mass is 35.5. The summed E-state index contributed by atoms with van der Waals surface area (Å²) in [7, 11) is 0. The number of nitrogens with one attached hydrogen (secondary N) is 1. The lowest BCUT2D eigenvalue weighted by atomic mass is 10.0. The summed E-state index contributed by atoms with van der Waals surface area (Å²) in [6.45, 7) is 4.87. The molecule has 5 nitrogen and oxygen atoms in total. The van der Waals surface area contributed by atoms with Crippen molar-refractivity contribution < 1.29 is 5.11 Å². The van der Waals surface area contributed by atoms with Crippen molar-refractivity contribution in [1.29, 1.82) is 0 Å². The zero-order chi connectivity index (χ0) is 19.6. The maximum Gasteiger partial charge on any atom is 0.165 e. The lowest BCUT2D eigenvalue weighted by molar-refractivity contribution is 0.477. The van der Waals surface area contributed by atoms with Gasteiger partial charge in [-0.25, -0.2) is 9.97 Å². The standard InChI is InChI=1S/C20H22Cl2N4O/c1-11(2)7-13(23)10-24-19-14-5-3-4-6-17(14)25-20(26-19)15-8-12(21)9-16(22)18(15)27/h3-6,8-9,11,13,27H,7,10,23H2,1-2H3,(H,24,25,26)/t13-/m1/s1. The van der Waals surface area contributed by atoms with Crippen LogP contribution in [0.5, 0.6) is 5.75 Å². The number of anilines is 1. The summed E-state index contributed by atoms with van der Waals surface area (Å²) in [4.78, 5) is 9.18. The second-order valence-corrected chi connectivity index (χ2v) is 7.81. The molecule has 0 unspecified atom stereocenters. The molecule has 2 aromatic carbocycles. The summed E-state index contributed by atoms with van der Waals surface area (Å²) in [6.07, 6.45) is 0.910. The monoisotopic (exact) mass is 404 g/mol. The highest BCUT2D eigenvalue weighted by Gasteiger charge is 2.16. The average Bonchev–Trinajstić information content (AvgIpc) is 2.62. The number of fused-ring (bicyclic) bond motifs is 1. The maximum absolute atomic E-state index is 10.3. The second kappa shape index (κ2) is 8.30. The smallest absolute Gasteiger partial charge is 0.165 e. The van der Waals surface area contributed by atoms with Gasteiger partial charge in [0.25, 0.3) is 0 Å². The lowest BCUT2D eigenvalue weighted by Gasteiger charge is -2.17. The molecule has 3 rings (SSSR count). The van der Waals surface area contributed by atoms with Crippen molar-refractivity contribution in [2.45, 2.75) is 26.3 Å². The van der Waals surface area contributed by atoms with Gasteiger partial charge in [0.1, 0.15) is 11.6 Å². The van der Waals surface area contributed by atoms with Gasteiger partial charge in [-0.2, -0.15) is 0 Å². The quantitative estimate of drug-likeness (QED) is 0.532. The first-order chi connectivity index (χ1) is 12.8. The Morgan fingerprint density at radius 1 is 1.15 bits per heavy atom. The van der Waals surface area contributed by atoms with Crippen molar-refractivity contribution in [3.63, 3.8) is 0 Å². The topological polar surface area (TPSA) is 84.1 Å². The van der Waals surface area contributed by atoms with Crippen molar-refractivity contribution >= 4 is 39.9 Å². The van der Waals surface area contributed by atoms with E-state index in [9.17, 15) is 5.11 Å². The number of rotatable bonds is 6. The van der Waals surface area contributed by atoms with Crippen molar-refractivity contribution in [3.8, 4) is 17.1 Å². The molecule has 0 radical (unpaired) electrons. The van der Waals surface area contributed by atoms with Crippen LogP contribution in [0.15, 0.2) is 36.4 Å². The number of benzene rings is 2. The number of aromatic nitrogens is 2. The molecular formula is C20H22Cl2N4O. The van der Waals surface area contributed by atoms with E-state index in [1.54, 1.807) is 6.07 Å². The minimum atomic E-state index is -0.0983. The number of nitrogens with zero attached hydrogens (tertiary/aromatic N) is 2. The first kappa shape index (κ1) is 19.7. The summed E-state index contributed by atoms with van der Waals surface area (Å²) in [5, 5.41) is 15.1. The molecular weight excluding hydrogens is 383 g/mol. The third-order valence-electron chi connectivity index (χ3n) is 4.18. The van der Waals surface area contributed by atoms with Gasteiger partial charge in [0, 0.05) is 23.0 Å². The van der Waals surface area contributed by atoms with Crippen LogP contribution in [0.4, 0.5) is 5.82 Å². The molecule has 0 saturated carbocycles. The molecule has 1 aromatic heterocycles. The van der Waals surface area contributed by atoms with Crippen molar-refractivity contribution in [2.75, 3.05) is 11.9 Å². The van der Waals surface area contributed by atoms with Gasteiger partial charge in [-0.05, 0) is 36.6 Å². The first-order valence-electron chi connectivity index (χ1n) is 8.79. The molecule has 0 amide bonds. The lowest BCUT2D eigenvalue weighted by Crippen LogP contribution is -2.30. The van der Waals surface area contributed by atoms with E-state index < -0.39 is 0 Å². The van der Waals surface area contributed by atoms with Crippen LogP contribution in [-0.4, -0.2) is 27.7 Å². The highest BCUT2D eigenvalue weighted by molar-refractivity contribution is 6.36. The number of phenolic OH excluding ortho intramolecular Hbond substituents is 1. The normalized spacial score (nSPS) is 12.5. The van der Waals surface area contributed by atoms with Gasteiger partial charge >= 0.3 is 0 Å². The molecule has 0 bridgehead atoms. The molecule has 0 fully saturated rings. The van der Waals surface area contributed by atoms with Crippen molar-refractivity contribution in [1.82, 2.24) is 9.97 Å². The van der Waals surface area contributed by atoms with Crippen LogP contribution in [-0.2, 0) is 0 Å². The number of aromatic hydroxyl groups is 1. The van der Waals surface area contributed by atoms with Crippen molar-refractivity contribution in [3.05, 3.63) is 46.4 Å². The van der Waals surface area contributed by atoms with E-state index in [0.29, 0.717) is 34.7 Å². The molecule has 1 heterocycles. The molecule has 0 aliphatic rings. The molecule has 4 N–H and O–H groups in total. The van der Waals surface area contributed by atoms with E-state index in [0.717, 1.165) is 17.3 Å². The van der Waals surface area contributed by atoms with Crippen LogP contribution in [0.3, 0.4) is 0 Å². The van der Waals surface area contributed by atoms with Crippen molar-refractivity contribution in [2.24, 2.45) is 11.7 Å². The Balaban J connectivity index is 2.03. The van der Waals surface area contributed by atoms with Crippen LogP contribution >= 0.6 is 23.2 Å². The molecule has 0 saturated heterocycles. The van der Waals surface area contributed by atoms with Gasteiger partial charge in [-0.1, -0.05) is 49.2 Å². The Morgan fingerprint density at radius 3 is 2.63 bits per heavy atom. The SMILES string of the molecule is CC(C)C[C@@H](N)CNc1nc(-c2cc(Cl)cc(Cl)c2O)nc2ccccc12. The van der Waals surface area contributed by atoms with E-state index in [2.05, 4.69) is 29.1 Å². The summed E-state index contributed by atoms with van der Waals surface area (Å²) in [5.74, 6) is 1.42. The Morgan fingerprint density at radius 2 is 1.89 bits per heavy atom. The highest BCUT2D eigenvalue weighted by Crippen LogP contribution is 2.37. The molecule has 0 spiro atoms. The van der Waals surface area contributed by atoms with Crippen LogP contribution in [0.2, 0.25) is 10.0 Å². The van der Waals surface area contributed by atoms with Gasteiger partial charge < -0.3 is 16.2 Å². The Kier molecular flexibility index (Phi) is 6.05. The molecule has 0 aliphatic heterocycles. The summed E-state index contributed by atoms with van der Waals surface area (Å²) in [6, 6.07) is 10.8. The molecule has 1 atom stereocenters. The van der Waals surface area contributed by atoms with Gasteiger partial charge in [-0.3, -0.25) is 0 Å². The van der Waals surface area contributed by atoms with Crippen LogP contribution in [0, 0.1) is 5.92 Å². The number of phenols is 1. The first-order valence-corrected chi connectivity index (χ1v) is 9.55. The molecule has 3 aromatic rings. The summed E-state index contributed by atoms with van der Waals surface area (Å²) in [5.41, 5.74) is 7.33. The average molecular weight is 405 g/mol. The predicted octanol–water partition coefficient (Wildman–Crippen LogP) is 5.09. The van der Waals surface area contributed by atoms with Gasteiger partial charge in [0.15, 0.2) is 5.82 Å². The number of hydrogen-bond acceptors (Lipinski definition) is 5. The molecule has 0 aliphatic carbocycles. The molecule has 27 heavy (non-hydrogen) atoms. The number of hydrogen-bond donors (Lipinski definition) is 3. The van der Waals surface area contributed by atoms with E-state index in [1.807, 2.05) is 24.3 Å². The zero-order valence-corrected chi connectivity index (χ0v) is 16.7. The number of nitrogens with two attached hydrogens (primary N) is 1. The van der Waals surface area contributed by atoms with E-state index in [1.165, 1.54) is 6.07 Å². The second-order valence-electron chi connectivity index (χ2n) is 6.97. The third-order valence-corrected chi connectivity index (χ3v) is 4.68.